The molecule has 0 aliphatic rings. The van der Waals surface area contributed by atoms with E-state index in [1.165, 1.54) is 7.11 Å². The van der Waals surface area contributed by atoms with Crippen LogP contribution in [0.1, 0.15) is 39.5 Å². The highest BCUT2D eigenvalue weighted by Gasteiger charge is 2.20. The fourth-order valence-electron chi connectivity index (χ4n) is 3.09. The first-order valence-electron chi connectivity index (χ1n) is 9.70. The molecule has 2 amide bonds. The summed E-state index contributed by atoms with van der Waals surface area (Å²) in [6.45, 7) is 2.01. The van der Waals surface area contributed by atoms with Crippen molar-refractivity contribution in [2.75, 3.05) is 7.11 Å². The Morgan fingerprint density at radius 3 is 2.00 bits per heavy atom. The van der Waals surface area contributed by atoms with Crippen molar-refractivity contribution in [3.8, 4) is 0 Å². The van der Waals surface area contributed by atoms with Crippen LogP contribution >= 0.6 is 0 Å². The highest BCUT2D eigenvalue weighted by molar-refractivity contribution is 6.06. The Bertz CT molecular complexity index is 1010. The molecule has 30 heavy (non-hydrogen) atoms. The predicted octanol–water partition coefficient (Wildman–Crippen LogP) is 5.11. The molecule has 0 saturated carbocycles. The molecule has 0 fully saturated rings. The van der Waals surface area contributed by atoms with Gasteiger partial charge in [-0.2, -0.15) is 4.99 Å². The van der Waals surface area contributed by atoms with Crippen molar-refractivity contribution in [1.82, 2.24) is 5.32 Å². The normalized spacial score (nSPS) is 12.1. The van der Waals surface area contributed by atoms with E-state index in [-0.39, 0.29) is 11.9 Å². The van der Waals surface area contributed by atoms with Crippen LogP contribution in [0.3, 0.4) is 0 Å². The quantitative estimate of drug-likeness (QED) is 0.585. The molecule has 0 saturated heterocycles. The number of hydrogen-bond acceptors (Lipinski definition) is 3. The van der Waals surface area contributed by atoms with Crippen LogP contribution in [-0.2, 0) is 4.74 Å². The van der Waals surface area contributed by atoms with Crippen LogP contribution in [0.2, 0.25) is 0 Å². The highest BCUT2D eigenvalue weighted by Crippen LogP contribution is 2.22. The van der Waals surface area contributed by atoms with Gasteiger partial charge in [-0.15, -0.1) is 0 Å². The standard InChI is InChI=1S/C25H24N2O3/c1-18-13-15-20(16-14-18)22(26-24(28)21-11-7-4-8-12-21)17-23(27-25(29)30-2)19-9-5-3-6-10-19/h3-16,22H,17H2,1-2H3,(H,26,28)/b27-23-/t22-/m0/s1. The lowest BCUT2D eigenvalue weighted by Crippen LogP contribution is -2.30. The monoisotopic (exact) mass is 400 g/mol. The number of carbonyl (C=O) groups is 2. The molecular formula is C25H24N2O3. The predicted molar refractivity (Wildman–Crippen MR) is 118 cm³/mol. The van der Waals surface area contributed by atoms with Gasteiger partial charge in [-0.05, 0) is 30.2 Å². The Morgan fingerprint density at radius 2 is 1.43 bits per heavy atom. The minimum atomic E-state index is -0.675. The van der Waals surface area contributed by atoms with E-state index in [1.54, 1.807) is 12.1 Å². The van der Waals surface area contributed by atoms with Crippen LogP contribution in [0, 0.1) is 6.92 Å². The third-order valence-electron chi connectivity index (χ3n) is 4.73. The molecule has 0 unspecified atom stereocenters. The number of hydrogen-bond donors (Lipinski definition) is 1. The van der Waals surface area contributed by atoms with Gasteiger partial charge in [0.25, 0.3) is 5.91 Å². The Labute approximate surface area is 176 Å². The molecule has 0 aromatic heterocycles. The lowest BCUT2D eigenvalue weighted by molar-refractivity contribution is 0.0938. The third kappa shape index (κ3) is 5.64. The van der Waals surface area contributed by atoms with Crippen LogP contribution in [0.4, 0.5) is 4.79 Å². The summed E-state index contributed by atoms with van der Waals surface area (Å²) >= 11 is 0. The van der Waals surface area contributed by atoms with Gasteiger partial charge in [-0.25, -0.2) is 4.79 Å². The number of aryl methyl sites for hydroxylation is 1. The number of aliphatic imine (C=N–C) groups is 1. The molecule has 5 heteroatoms. The van der Waals surface area contributed by atoms with Gasteiger partial charge >= 0.3 is 6.09 Å². The number of nitrogens with zero attached hydrogens (tertiary/aromatic N) is 1. The Balaban J connectivity index is 1.95. The first-order valence-corrected chi connectivity index (χ1v) is 9.70. The number of rotatable bonds is 6. The minimum absolute atomic E-state index is 0.188. The largest absolute Gasteiger partial charge is 0.451 e. The molecule has 0 heterocycles. The lowest BCUT2D eigenvalue weighted by atomic mass is 9.96. The molecule has 0 aliphatic heterocycles. The summed E-state index contributed by atoms with van der Waals surface area (Å²) in [4.78, 5) is 28.9. The van der Waals surface area contributed by atoms with Gasteiger partial charge < -0.3 is 10.1 Å². The van der Waals surface area contributed by atoms with Crippen molar-refractivity contribution in [2.45, 2.75) is 19.4 Å². The van der Waals surface area contributed by atoms with Crippen molar-refractivity contribution in [3.63, 3.8) is 0 Å². The molecule has 152 valence electrons. The van der Waals surface area contributed by atoms with Gasteiger partial charge in [0.1, 0.15) is 0 Å². The zero-order chi connectivity index (χ0) is 21.3. The van der Waals surface area contributed by atoms with E-state index < -0.39 is 6.09 Å². The molecule has 3 aromatic rings. The summed E-state index contributed by atoms with van der Waals surface area (Å²) in [5.41, 5.74) is 3.97. The summed E-state index contributed by atoms with van der Waals surface area (Å²) in [5.74, 6) is -0.188. The average Bonchev–Trinajstić information content (AvgIpc) is 2.79. The molecule has 0 aliphatic carbocycles. The van der Waals surface area contributed by atoms with Crippen molar-refractivity contribution in [1.29, 1.82) is 0 Å². The summed E-state index contributed by atoms with van der Waals surface area (Å²) < 4.78 is 4.74. The topological polar surface area (TPSA) is 67.8 Å². The zero-order valence-electron chi connectivity index (χ0n) is 17.0. The van der Waals surface area contributed by atoms with Crippen LogP contribution in [0.25, 0.3) is 0 Å². The number of ether oxygens (including phenoxy) is 1. The Hall–Kier alpha value is -3.73. The van der Waals surface area contributed by atoms with E-state index >= 15 is 0 Å². The molecular weight excluding hydrogens is 376 g/mol. The Morgan fingerprint density at radius 1 is 0.867 bits per heavy atom. The smallest absolute Gasteiger partial charge is 0.433 e. The molecule has 0 spiro atoms. The van der Waals surface area contributed by atoms with Crippen molar-refractivity contribution in [2.24, 2.45) is 4.99 Å². The zero-order valence-corrected chi connectivity index (χ0v) is 17.0. The molecule has 0 radical (unpaired) electrons. The fraction of sp³-hybridized carbons (Fsp3) is 0.160. The maximum Gasteiger partial charge on any atom is 0.433 e. The fourth-order valence-corrected chi connectivity index (χ4v) is 3.09. The lowest BCUT2D eigenvalue weighted by Gasteiger charge is -2.21. The second-order valence-electron chi connectivity index (χ2n) is 6.90. The first-order chi connectivity index (χ1) is 14.6. The summed E-state index contributed by atoms with van der Waals surface area (Å²) in [6, 6.07) is 26.0. The van der Waals surface area contributed by atoms with Gasteiger partial charge in [-0.3, -0.25) is 4.79 Å². The maximum absolute atomic E-state index is 12.8. The molecule has 5 nitrogen and oxygen atoms in total. The van der Waals surface area contributed by atoms with Gasteiger partial charge in [0.15, 0.2) is 0 Å². The molecule has 3 aromatic carbocycles. The number of methoxy groups -OCH3 is 1. The molecule has 1 atom stereocenters. The number of benzene rings is 3. The number of amides is 2. The van der Waals surface area contributed by atoms with E-state index in [0.29, 0.717) is 17.7 Å². The van der Waals surface area contributed by atoms with Crippen LogP contribution < -0.4 is 5.32 Å². The van der Waals surface area contributed by atoms with E-state index in [0.717, 1.165) is 16.7 Å². The maximum atomic E-state index is 12.8. The van der Waals surface area contributed by atoms with Gasteiger partial charge in [0.05, 0.1) is 18.9 Å². The summed E-state index contributed by atoms with van der Waals surface area (Å²) in [7, 11) is 1.29. The molecule has 1 N–H and O–H groups in total. The van der Waals surface area contributed by atoms with Gasteiger partial charge in [-0.1, -0.05) is 78.4 Å². The van der Waals surface area contributed by atoms with Gasteiger partial charge in [0, 0.05) is 12.0 Å². The second-order valence-corrected chi connectivity index (χ2v) is 6.90. The van der Waals surface area contributed by atoms with E-state index in [4.69, 9.17) is 4.74 Å². The molecule has 3 rings (SSSR count). The summed E-state index contributed by atoms with van der Waals surface area (Å²) in [5, 5.41) is 3.09. The minimum Gasteiger partial charge on any atom is -0.451 e. The first kappa shape index (κ1) is 21.0. The van der Waals surface area contributed by atoms with Gasteiger partial charge in [0.2, 0.25) is 0 Å². The summed E-state index contributed by atoms with van der Waals surface area (Å²) in [6.07, 6.45) is -0.341. The average molecular weight is 400 g/mol. The highest BCUT2D eigenvalue weighted by atomic mass is 16.5. The van der Waals surface area contributed by atoms with Crippen LogP contribution in [0.15, 0.2) is 89.9 Å². The number of nitrogens with one attached hydrogen (secondary N) is 1. The molecule has 0 bridgehead atoms. The van der Waals surface area contributed by atoms with Crippen molar-refractivity contribution < 1.29 is 14.3 Å². The van der Waals surface area contributed by atoms with E-state index in [2.05, 4.69) is 10.3 Å². The van der Waals surface area contributed by atoms with E-state index in [1.807, 2.05) is 79.7 Å². The SMILES string of the molecule is COC(=O)/N=C(/C[C@H](NC(=O)c1ccccc1)c1ccc(C)cc1)c1ccccc1. The van der Waals surface area contributed by atoms with E-state index in [9.17, 15) is 9.59 Å². The van der Waals surface area contributed by atoms with Crippen molar-refractivity contribution in [3.05, 3.63) is 107 Å². The number of carbonyl (C=O) groups excluding carboxylic acids is 2. The van der Waals surface area contributed by atoms with Crippen LogP contribution in [0.5, 0.6) is 0 Å². The third-order valence-corrected chi connectivity index (χ3v) is 4.73. The second kappa shape index (κ2) is 10.2. The van der Waals surface area contributed by atoms with Crippen LogP contribution in [-0.4, -0.2) is 24.8 Å². The van der Waals surface area contributed by atoms with Crippen molar-refractivity contribution >= 4 is 17.7 Å². The Kier molecular flexibility index (Phi) is 7.11.